The molecule has 0 bridgehead atoms. The van der Waals surface area contributed by atoms with E-state index >= 15 is 0 Å². The second-order valence-corrected chi connectivity index (χ2v) is 4.43. The maximum absolute atomic E-state index is 4.27. The summed E-state index contributed by atoms with van der Waals surface area (Å²) in [6, 6.07) is 0.382. The molecule has 0 saturated carbocycles. The largest absolute Gasteiger partial charge is 0.316 e. The zero-order valence-corrected chi connectivity index (χ0v) is 11.2. The van der Waals surface area contributed by atoms with Crippen LogP contribution in [-0.4, -0.2) is 27.9 Å². The summed E-state index contributed by atoms with van der Waals surface area (Å²) in [4.78, 5) is 4.27. The van der Waals surface area contributed by atoms with E-state index in [4.69, 9.17) is 0 Å². The Hall–Kier alpha value is -1.16. The molecule has 0 atom stereocenters. The normalized spacial score (nSPS) is 11.8. The second-order valence-electron chi connectivity index (χ2n) is 4.43. The lowest BCUT2D eigenvalue weighted by Crippen LogP contribution is -2.15. The SMILES string of the molecule is CCCNCCC=CCc1ncnn1C(C)C. The van der Waals surface area contributed by atoms with Gasteiger partial charge in [0.15, 0.2) is 0 Å². The van der Waals surface area contributed by atoms with E-state index in [1.165, 1.54) is 6.42 Å². The average Bonchev–Trinajstić information content (AvgIpc) is 2.76. The van der Waals surface area contributed by atoms with E-state index in [2.05, 4.69) is 48.3 Å². The fourth-order valence-electron chi connectivity index (χ4n) is 1.65. The van der Waals surface area contributed by atoms with E-state index in [1.54, 1.807) is 6.33 Å². The van der Waals surface area contributed by atoms with Crippen molar-refractivity contribution < 1.29 is 0 Å². The van der Waals surface area contributed by atoms with Gasteiger partial charge in [-0.05, 0) is 39.8 Å². The highest BCUT2D eigenvalue weighted by molar-refractivity contribution is 4.96. The standard InChI is InChI=1S/C13H24N4/c1-4-9-14-10-7-5-6-8-13-15-11-16-17(13)12(2)3/h5-6,11-12,14H,4,7-10H2,1-3H3. The number of nitrogens with zero attached hydrogens (tertiary/aromatic N) is 3. The van der Waals surface area contributed by atoms with E-state index in [1.807, 2.05) is 4.68 Å². The zero-order chi connectivity index (χ0) is 12.5. The van der Waals surface area contributed by atoms with Gasteiger partial charge in [0.1, 0.15) is 12.2 Å². The van der Waals surface area contributed by atoms with Gasteiger partial charge in [-0.15, -0.1) is 0 Å². The minimum Gasteiger partial charge on any atom is -0.316 e. The molecule has 17 heavy (non-hydrogen) atoms. The smallest absolute Gasteiger partial charge is 0.138 e. The monoisotopic (exact) mass is 236 g/mol. The Balaban J connectivity index is 2.25. The van der Waals surface area contributed by atoms with Gasteiger partial charge < -0.3 is 5.32 Å². The van der Waals surface area contributed by atoms with Crippen molar-refractivity contribution in [1.29, 1.82) is 0 Å². The zero-order valence-electron chi connectivity index (χ0n) is 11.2. The van der Waals surface area contributed by atoms with E-state index in [0.29, 0.717) is 6.04 Å². The average molecular weight is 236 g/mol. The van der Waals surface area contributed by atoms with Gasteiger partial charge in [0.05, 0.1) is 0 Å². The van der Waals surface area contributed by atoms with Crippen LogP contribution in [0.1, 0.15) is 45.5 Å². The first-order chi connectivity index (χ1) is 8.25. The Labute approximate surface area is 104 Å². The molecular formula is C13H24N4. The highest BCUT2D eigenvalue weighted by atomic mass is 15.3. The number of allylic oxidation sites excluding steroid dienone is 1. The third-order valence-electron chi connectivity index (χ3n) is 2.52. The lowest BCUT2D eigenvalue weighted by atomic mass is 10.3. The highest BCUT2D eigenvalue weighted by Gasteiger charge is 2.04. The molecule has 1 N–H and O–H groups in total. The minimum absolute atomic E-state index is 0.382. The van der Waals surface area contributed by atoms with Crippen molar-refractivity contribution in [1.82, 2.24) is 20.1 Å². The quantitative estimate of drug-likeness (QED) is 0.556. The Morgan fingerprint density at radius 2 is 2.18 bits per heavy atom. The van der Waals surface area contributed by atoms with Gasteiger partial charge >= 0.3 is 0 Å². The summed E-state index contributed by atoms with van der Waals surface area (Å²) in [6.07, 6.45) is 9.16. The van der Waals surface area contributed by atoms with Gasteiger partial charge in [-0.2, -0.15) is 5.10 Å². The summed E-state index contributed by atoms with van der Waals surface area (Å²) in [6.45, 7) is 8.59. The van der Waals surface area contributed by atoms with Crippen LogP contribution >= 0.6 is 0 Å². The van der Waals surface area contributed by atoms with E-state index in [0.717, 1.165) is 31.8 Å². The van der Waals surface area contributed by atoms with Gasteiger partial charge in [0.25, 0.3) is 0 Å². The Kier molecular flexibility index (Phi) is 6.55. The third kappa shape index (κ3) is 5.13. The molecule has 0 aromatic carbocycles. The molecule has 0 unspecified atom stereocenters. The van der Waals surface area contributed by atoms with Crippen LogP contribution in [0.25, 0.3) is 0 Å². The molecule has 0 saturated heterocycles. The molecular weight excluding hydrogens is 212 g/mol. The number of rotatable bonds is 8. The predicted molar refractivity (Wildman–Crippen MR) is 71.0 cm³/mol. The van der Waals surface area contributed by atoms with E-state index in [-0.39, 0.29) is 0 Å². The van der Waals surface area contributed by atoms with Crippen LogP contribution in [0.5, 0.6) is 0 Å². The molecule has 0 spiro atoms. The molecule has 96 valence electrons. The maximum Gasteiger partial charge on any atom is 0.138 e. The summed E-state index contributed by atoms with van der Waals surface area (Å²) in [7, 11) is 0. The van der Waals surface area contributed by atoms with E-state index < -0.39 is 0 Å². The summed E-state index contributed by atoms with van der Waals surface area (Å²) in [5, 5.41) is 7.59. The maximum atomic E-state index is 4.27. The first kappa shape index (κ1) is 13.9. The molecule has 4 heteroatoms. The number of hydrogen-bond donors (Lipinski definition) is 1. The van der Waals surface area contributed by atoms with Crippen LogP contribution in [-0.2, 0) is 6.42 Å². The van der Waals surface area contributed by atoms with Crippen molar-refractivity contribution in [2.24, 2.45) is 0 Å². The van der Waals surface area contributed by atoms with Gasteiger partial charge in [-0.1, -0.05) is 19.1 Å². The lowest BCUT2D eigenvalue weighted by molar-refractivity contribution is 0.511. The lowest BCUT2D eigenvalue weighted by Gasteiger charge is -2.07. The van der Waals surface area contributed by atoms with Crippen molar-refractivity contribution in [3.8, 4) is 0 Å². The molecule has 1 rings (SSSR count). The van der Waals surface area contributed by atoms with Crippen LogP contribution in [0, 0.1) is 0 Å². The predicted octanol–water partition coefficient (Wildman–Crippen LogP) is 2.35. The summed E-state index contributed by atoms with van der Waals surface area (Å²) >= 11 is 0. The fraction of sp³-hybridized carbons (Fsp3) is 0.692. The van der Waals surface area contributed by atoms with Crippen LogP contribution in [0.15, 0.2) is 18.5 Å². The van der Waals surface area contributed by atoms with Gasteiger partial charge in [0, 0.05) is 12.5 Å². The Morgan fingerprint density at radius 3 is 2.88 bits per heavy atom. The molecule has 4 nitrogen and oxygen atoms in total. The molecule has 0 radical (unpaired) electrons. The Bertz CT molecular complexity index is 328. The molecule has 1 aromatic heterocycles. The van der Waals surface area contributed by atoms with Gasteiger partial charge in [-0.25, -0.2) is 9.67 Å². The van der Waals surface area contributed by atoms with Gasteiger partial charge in [-0.3, -0.25) is 0 Å². The molecule has 0 aliphatic rings. The van der Waals surface area contributed by atoms with E-state index in [9.17, 15) is 0 Å². The highest BCUT2D eigenvalue weighted by Crippen LogP contribution is 2.05. The number of nitrogens with one attached hydrogen (secondary N) is 1. The molecule has 0 aliphatic carbocycles. The van der Waals surface area contributed by atoms with Crippen molar-refractivity contribution in [2.75, 3.05) is 13.1 Å². The van der Waals surface area contributed by atoms with Crippen molar-refractivity contribution >= 4 is 0 Å². The van der Waals surface area contributed by atoms with Crippen molar-refractivity contribution in [2.45, 2.75) is 46.1 Å². The molecule has 0 aliphatic heterocycles. The molecule has 1 heterocycles. The summed E-state index contributed by atoms with van der Waals surface area (Å²) < 4.78 is 1.97. The van der Waals surface area contributed by atoms with Gasteiger partial charge in [0.2, 0.25) is 0 Å². The molecule has 0 fully saturated rings. The van der Waals surface area contributed by atoms with Crippen molar-refractivity contribution in [3.05, 3.63) is 24.3 Å². The second kappa shape index (κ2) is 8.01. The first-order valence-electron chi connectivity index (χ1n) is 6.49. The van der Waals surface area contributed by atoms with Crippen LogP contribution in [0.4, 0.5) is 0 Å². The summed E-state index contributed by atoms with van der Waals surface area (Å²) in [5.41, 5.74) is 0. The topological polar surface area (TPSA) is 42.7 Å². The molecule has 0 amide bonds. The van der Waals surface area contributed by atoms with Crippen LogP contribution < -0.4 is 5.32 Å². The van der Waals surface area contributed by atoms with Crippen LogP contribution in [0.2, 0.25) is 0 Å². The van der Waals surface area contributed by atoms with Crippen LogP contribution in [0.3, 0.4) is 0 Å². The fourth-order valence-corrected chi connectivity index (χ4v) is 1.65. The minimum atomic E-state index is 0.382. The third-order valence-corrected chi connectivity index (χ3v) is 2.52. The first-order valence-corrected chi connectivity index (χ1v) is 6.49. The number of hydrogen-bond acceptors (Lipinski definition) is 3. The number of aromatic nitrogens is 3. The van der Waals surface area contributed by atoms with Crippen molar-refractivity contribution in [3.63, 3.8) is 0 Å². The Morgan fingerprint density at radius 1 is 1.35 bits per heavy atom. The summed E-state index contributed by atoms with van der Waals surface area (Å²) in [5.74, 6) is 1.04. The molecule has 1 aromatic rings.